The van der Waals surface area contributed by atoms with Crippen LogP contribution in [0.1, 0.15) is 38.4 Å². The fourth-order valence-corrected chi connectivity index (χ4v) is 3.18. The standard InChI is InChI=1S/C18H19FN2O5/c1-18(2,3)26-17(24)20-13-12-10(19)7-5-9-6-8-11(22)21(14(9)12)15(13)16(23)25-4/h5-8,13,15H,1-4H3,(H,20,24). The maximum atomic E-state index is 14.6. The van der Waals surface area contributed by atoms with Gasteiger partial charge in [0, 0.05) is 11.6 Å². The number of methoxy groups -OCH3 is 1. The van der Waals surface area contributed by atoms with Gasteiger partial charge < -0.3 is 14.8 Å². The molecule has 138 valence electrons. The highest BCUT2D eigenvalue weighted by molar-refractivity contribution is 5.90. The zero-order valence-corrected chi connectivity index (χ0v) is 14.8. The van der Waals surface area contributed by atoms with Crippen LogP contribution in [-0.4, -0.2) is 29.3 Å². The minimum atomic E-state index is -1.23. The van der Waals surface area contributed by atoms with Crippen molar-refractivity contribution in [3.05, 3.63) is 46.0 Å². The molecule has 1 aromatic carbocycles. The molecule has 8 heteroatoms. The van der Waals surface area contributed by atoms with Crippen molar-refractivity contribution in [1.29, 1.82) is 0 Å². The topological polar surface area (TPSA) is 86.6 Å². The summed E-state index contributed by atoms with van der Waals surface area (Å²) in [5, 5.41) is 3.09. The first kappa shape index (κ1) is 17.9. The van der Waals surface area contributed by atoms with Crippen molar-refractivity contribution in [1.82, 2.24) is 9.88 Å². The summed E-state index contributed by atoms with van der Waals surface area (Å²) in [5.74, 6) is -1.40. The zero-order valence-electron chi connectivity index (χ0n) is 14.8. The van der Waals surface area contributed by atoms with Gasteiger partial charge in [0.15, 0.2) is 6.04 Å². The van der Waals surface area contributed by atoms with Gasteiger partial charge in [-0.15, -0.1) is 0 Å². The van der Waals surface area contributed by atoms with Gasteiger partial charge in [0.2, 0.25) is 0 Å². The van der Waals surface area contributed by atoms with Gasteiger partial charge in [-0.3, -0.25) is 9.36 Å². The molecule has 0 spiro atoms. The molecular weight excluding hydrogens is 343 g/mol. The van der Waals surface area contributed by atoms with Crippen LogP contribution < -0.4 is 10.9 Å². The van der Waals surface area contributed by atoms with Crippen LogP contribution in [0.25, 0.3) is 10.9 Å². The Morgan fingerprint density at radius 1 is 1.19 bits per heavy atom. The van der Waals surface area contributed by atoms with E-state index in [1.165, 1.54) is 18.2 Å². The number of hydrogen-bond acceptors (Lipinski definition) is 5. The number of aromatic nitrogens is 1. The molecule has 2 atom stereocenters. The summed E-state index contributed by atoms with van der Waals surface area (Å²) in [6.45, 7) is 5.04. The number of ether oxygens (including phenoxy) is 2. The number of halogens is 1. The molecule has 1 N–H and O–H groups in total. The summed E-state index contributed by atoms with van der Waals surface area (Å²) in [6.07, 6.45) is -0.825. The van der Waals surface area contributed by atoms with E-state index in [0.717, 1.165) is 11.7 Å². The molecule has 1 amide bonds. The number of nitrogens with zero attached hydrogens (tertiary/aromatic N) is 1. The predicted octanol–water partition coefficient (Wildman–Crippen LogP) is 2.43. The van der Waals surface area contributed by atoms with Gasteiger partial charge in [0.1, 0.15) is 11.4 Å². The van der Waals surface area contributed by atoms with Crippen LogP contribution in [0.15, 0.2) is 29.1 Å². The van der Waals surface area contributed by atoms with E-state index in [2.05, 4.69) is 5.32 Å². The number of esters is 1. The van der Waals surface area contributed by atoms with Gasteiger partial charge in [-0.2, -0.15) is 0 Å². The van der Waals surface area contributed by atoms with Crippen molar-refractivity contribution in [2.45, 2.75) is 38.5 Å². The molecule has 0 bridgehead atoms. The van der Waals surface area contributed by atoms with Crippen LogP contribution in [-0.2, 0) is 14.3 Å². The highest BCUT2D eigenvalue weighted by Crippen LogP contribution is 2.41. The maximum absolute atomic E-state index is 14.6. The van der Waals surface area contributed by atoms with Crippen molar-refractivity contribution in [2.24, 2.45) is 0 Å². The molecule has 1 aromatic heterocycles. The molecule has 1 aliphatic rings. The lowest BCUT2D eigenvalue weighted by Gasteiger charge is -2.24. The van der Waals surface area contributed by atoms with E-state index in [1.807, 2.05) is 0 Å². The lowest BCUT2D eigenvalue weighted by atomic mass is 10.0. The van der Waals surface area contributed by atoms with E-state index in [9.17, 15) is 18.8 Å². The summed E-state index contributed by atoms with van der Waals surface area (Å²) < 4.78 is 25.8. The SMILES string of the molecule is COC(=O)C1C(NC(=O)OC(C)(C)C)c2c(F)ccc3ccc(=O)n1c23. The third-order valence-corrected chi connectivity index (χ3v) is 4.10. The maximum Gasteiger partial charge on any atom is 0.408 e. The number of benzene rings is 1. The van der Waals surface area contributed by atoms with Gasteiger partial charge in [-0.25, -0.2) is 14.0 Å². The first-order chi connectivity index (χ1) is 12.1. The Morgan fingerprint density at radius 3 is 2.46 bits per heavy atom. The van der Waals surface area contributed by atoms with Crippen LogP contribution in [0.5, 0.6) is 0 Å². The van der Waals surface area contributed by atoms with E-state index >= 15 is 0 Å². The van der Waals surface area contributed by atoms with E-state index in [4.69, 9.17) is 9.47 Å². The predicted molar refractivity (Wildman–Crippen MR) is 91.3 cm³/mol. The van der Waals surface area contributed by atoms with Gasteiger partial charge in [0.05, 0.1) is 18.7 Å². The third-order valence-electron chi connectivity index (χ3n) is 4.10. The second-order valence-electron chi connectivity index (χ2n) is 7.03. The number of rotatable bonds is 2. The van der Waals surface area contributed by atoms with Gasteiger partial charge in [-0.05, 0) is 44.4 Å². The first-order valence-corrected chi connectivity index (χ1v) is 8.05. The van der Waals surface area contributed by atoms with Crippen molar-refractivity contribution < 1.29 is 23.5 Å². The van der Waals surface area contributed by atoms with Crippen LogP contribution in [0.2, 0.25) is 0 Å². The Balaban J connectivity index is 2.17. The number of hydrogen-bond donors (Lipinski definition) is 1. The molecule has 0 aliphatic carbocycles. The molecular formula is C18H19FN2O5. The Labute approximate surface area is 148 Å². The van der Waals surface area contributed by atoms with Gasteiger partial charge >= 0.3 is 12.1 Å². The zero-order chi connectivity index (χ0) is 19.2. The number of nitrogens with one attached hydrogen (secondary N) is 1. The molecule has 0 radical (unpaired) electrons. The number of amides is 1. The van der Waals surface area contributed by atoms with Crippen molar-refractivity contribution >= 4 is 23.0 Å². The van der Waals surface area contributed by atoms with Crippen LogP contribution in [0, 0.1) is 5.82 Å². The molecule has 1 aliphatic heterocycles. The Morgan fingerprint density at radius 2 is 1.85 bits per heavy atom. The lowest BCUT2D eigenvalue weighted by molar-refractivity contribution is -0.145. The molecule has 2 heterocycles. The van der Waals surface area contributed by atoms with Crippen molar-refractivity contribution in [3.8, 4) is 0 Å². The fourth-order valence-electron chi connectivity index (χ4n) is 3.18. The minimum Gasteiger partial charge on any atom is -0.467 e. The lowest BCUT2D eigenvalue weighted by Crippen LogP contribution is -2.40. The fraction of sp³-hybridized carbons (Fsp3) is 0.389. The Bertz CT molecular complexity index is 960. The summed E-state index contributed by atoms with van der Waals surface area (Å²) >= 11 is 0. The third kappa shape index (κ3) is 2.91. The average Bonchev–Trinajstić information content (AvgIpc) is 2.87. The second kappa shape index (κ2) is 6.12. The summed E-state index contributed by atoms with van der Waals surface area (Å²) in [5.41, 5.74) is -0.957. The van der Waals surface area contributed by atoms with Crippen LogP contribution in [0.3, 0.4) is 0 Å². The van der Waals surface area contributed by atoms with Crippen LogP contribution in [0.4, 0.5) is 9.18 Å². The highest BCUT2D eigenvalue weighted by Gasteiger charge is 2.43. The molecule has 0 saturated heterocycles. The minimum absolute atomic E-state index is 0.0569. The van der Waals surface area contributed by atoms with E-state index in [1.54, 1.807) is 26.8 Å². The van der Waals surface area contributed by atoms with E-state index in [-0.39, 0.29) is 11.1 Å². The summed E-state index contributed by atoms with van der Waals surface area (Å²) in [4.78, 5) is 37.0. The number of carbonyl (C=O) groups is 2. The Hall–Kier alpha value is -2.90. The number of alkyl carbamates (subject to hydrolysis) is 1. The molecule has 0 saturated carbocycles. The molecule has 0 fully saturated rings. The number of carbonyl (C=O) groups excluding carboxylic acids is 2. The second-order valence-corrected chi connectivity index (χ2v) is 7.03. The smallest absolute Gasteiger partial charge is 0.408 e. The largest absolute Gasteiger partial charge is 0.467 e. The Kier molecular flexibility index (Phi) is 4.21. The van der Waals surface area contributed by atoms with Gasteiger partial charge in [-0.1, -0.05) is 0 Å². The van der Waals surface area contributed by atoms with Crippen molar-refractivity contribution in [2.75, 3.05) is 7.11 Å². The molecule has 7 nitrogen and oxygen atoms in total. The van der Waals surface area contributed by atoms with Gasteiger partial charge in [0.25, 0.3) is 5.56 Å². The molecule has 26 heavy (non-hydrogen) atoms. The summed E-state index contributed by atoms with van der Waals surface area (Å²) in [6, 6.07) is 3.22. The molecule has 3 rings (SSSR count). The average molecular weight is 362 g/mol. The van der Waals surface area contributed by atoms with Crippen LogP contribution >= 0.6 is 0 Å². The number of pyridine rings is 1. The quantitative estimate of drug-likeness (QED) is 0.829. The molecule has 2 unspecified atom stereocenters. The summed E-state index contributed by atoms with van der Waals surface area (Å²) in [7, 11) is 1.16. The highest BCUT2D eigenvalue weighted by atomic mass is 19.1. The first-order valence-electron chi connectivity index (χ1n) is 8.05. The van der Waals surface area contributed by atoms with E-state index < -0.39 is 41.1 Å². The molecule has 2 aromatic rings. The van der Waals surface area contributed by atoms with E-state index in [0.29, 0.717) is 5.39 Å². The monoisotopic (exact) mass is 362 g/mol. The normalized spacial score (nSPS) is 18.7. The van der Waals surface area contributed by atoms with Crippen molar-refractivity contribution in [3.63, 3.8) is 0 Å².